The first-order chi connectivity index (χ1) is 12.3. The Labute approximate surface area is 151 Å². The molecule has 0 radical (unpaired) electrons. The molecule has 2 aromatic carbocycles. The molecule has 0 saturated carbocycles. The Morgan fingerprint density at radius 1 is 1.04 bits per heavy atom. The minimum absolute atomic E-state index is 0.603. The smallest absolute Gasteiger partial charge is 0.119 e. The SMILES string of the molecule is CC[C@@H]1COCCN1CCCc1ccc(COc2ccccc2)cc1. The van der Waals surface area contributed by atoms with E-state index in [4.69, 9.17) is 9.47 Å². The van der Waals surface area contributed by atoms with Crippen molar-refractivity contribution in [2.45, 2.75) is 38.8 Å². The van der Waals surface area contributed by atoms with Gasteiger partial charge in [-0.15, -0.1) is 0 Å². The van der Waals surface area contributed by atoms with Crippen LogP contribution in [0, 0.1) is 0 Å². The summed E-state index contributed by atoms with van der Waals surface area (Å²) in [7, 11) is 0. The third-order valence-electron chi connectivity index (χ3n) is 4.90. The maximum atomic E-state index is 5.80. The summed E-state index contributed by atoms with van der Waals surface area (Å²) >= 11 is 0. The Balaban J connectivity index is 1.41. The van der Waals surface area contributed by atoms with Crippen molar-refractivity contribution in [3.8, 4) is 5.75 Å². The van der Waals surface area contributed by atoms with Crippen LogP contribution in [0.5, 0.6) is 5.75 Å². The number of rotatable bonds is 8. The minimum Gasteiger partial charge on any atom is -0.489 e. The van der Waals surface area contributed by atoms with Crippen molar-refractivity contribution in [3.63, 3.8) is 0 Å². The van der Waals surface area contributed by atoms with Gasteiger partial charge in [0.05, 0.1) is 13.2 Å². The molecule has 1 atom stereocenters. The molecule has 1 saturated heterocycles. The molecule has 0 aliphatic carbocycles. The molecule has 3 nitrogen and oxygen atoms in total. The Bertz CT molecular complexity index is 612. The van der Waals surface area contributed by atoms with Gasteiger partial charge in [-0.1, -0.05) is 49.4 Å². The zero-order valence-corrected chi connectivity index (χ0v) is 15.2. The van der Waals surface area contributed by atoms with Crippen LogP contribution >= 0.6 is 0 Å². The van der Waals surface area contributed by atoms with Crippen molar-refractivity contribution >= 4 is 0 Å². The number of hydrogen-bond donors (Lipinski definition) is 0. The summed E-state index contributed by atoms with van der Waals surface area (Å²) < 4.78 is 11.4. The molecule has 1 fully saturated rings. The van der Waals surface area contributed by atoms with Gasteiger partial charge in [-0.25, -0.2) is 0 Å². The van der Waals surface area contributed by atoms with Crippen molar-refractivity contribution in [2.24, 2.45) is 0 Å². The molecule has 1 heterocycles. The zero-order chi connectivity index (χ0) is 17.3. The van der Waals surface area contributed by atoms with Gasteiger partial charge in [0.25, 0.3) is 0 Å². The Morgan fingerprint density at radius 3 is 2.56 bits per heavy atom. The van der Waals surface area contributed by atoms with Crippen molar-refractivity contribution in [1.29, 1.82) is 0 Å². The molecule has 0 unspecified atom stereocenters. The lowest BCUT2D eigenvalue weighted by Gasteiger charge is -2.35. The van der Waals surface area contributed by atoms with E-state index in [0.29, 0.717) is 12.6 Å². The summed E-state index contributed by atoms with van der Waals surface area (Å²) in [6.07, 6.45) is 3.51. The molecule has 0 bridgehead atoms. The zero-order valence-electron chi connectivity index (χ0n) is 15.2. The predicted octanol–water partition coefficient (Wildman–Crippen LogP) is 4.31. The lowest BCUT2D eigenvalue weighted by molar-refractivity contribution is -0.00887. The lowest BCUT2D eigenvalue weighted by atomic mass is 10.1. The second-order valence-corrected chi connectivity index (χ2v) is 6.69. The Morgan fingerprint density at radius 2 is 1.80 bits per heavy atom. The first kappa shape index (κ1) is 18.0. The van der Waals surface area contributed by atoms with Crippen LogP contribution in [-0.4, -0.2) is 37.2 Å². The molecule has 0 N–H and O–H groups in total. The van der Waals surface area contributed by atoms with Crippen LogP contribution in [0.4, 0.5) is 0 Å². The number of para-hydroxylation sites is 1. The standard InChI is InChI=1S/C22H29NO2/c1-2-21-18-24-16-15-23(21)14-6-7-19-10-12-20(13-11-19)17-25-22-8-4-3-5-9-22/h3-5,8-13,21H,2,6-7,14-18H2,1H3/t21-/m1/s1. The molecule has 25 heavy (non-hydrogen) atoms. The van der Waals surface area contributed by atoms with E-state index in [1.54, 1.807) is 0 Å². The van der Waals surface area contributed by atoms with Gasteiger partial charge in [-0.3, -0.25) is 4.90 Å². The van der Waals surface area contributed by atoms with Crippen LogP contribution in [0.2, 0.25) is 0 Å². The minimum atomic E-state index is 0.603. The first-order valence-corrected chi connectivity index (χ1v) is 9.42. The topological polar surface area (TPSA) is 21.7 Å². The van der Waals surface area contributed by atoms with Crippen molar-refractivity contribution < 1.29 is 9.47 Å². The number of ether oxygens (including phenoxy) is 2. The average molecular weight is 339 g/mol. The third-order valence-corrected chi connectivity index (χ3v) is 4.90. The van der Waals surface area contributed by atoms with Crippen LogP contribution in [0.3, 0.4) is 0 Å². The summed E-state index contributed by atoms with van der Waals surface area (Å²) in [4.78, 5) is 2.59. The maximum absolute atomic E-state index is 5.80. The summed E-state index contributed by atoms with van der Waals surface area (Å²) in [6.45, 7) is 6.90. The highest BCUT2D eigenvalue weighted by Gasteiger charge is 2.20. The van der Waals surface area contributed by atoms with Gasteiger partial charge in [-0.05, 0) is 49.1 Å². The fourth-order valence-electron chi connectivity index (χ4n) is 3.33. The van der Waals surface area contributed by atoms with Gasteiger partial charge in [-0.2, -0.15) is 0 Å². The van der Waals surface area contributed by atoms with Gasteiger partial charge in [0.1, 0.15) is 12.4 Å². The molecule has 1 aliphatic heterocycles. The number of nitrogens with zero attached hydrogens (tertiary/aromatic N) is 1. The van der Waals surface area contributed by atoms with Gasteiger partial charge in [0, 0.05) is 12.6 Å². The largest absolute Gasteiger partial charge is 0.489 e. The van der Waals surface area contributed by atoms with Gasteiger partial charge >= 0.3 is 0 Å². The Hall–Kier alpha value is -1.84. The average Bonchev–Trinajstić information content (AvgIpc) is 2.68. The van der Waals surface area contributed by atoms with Gasteiger partial charge in [0.2, 0.25) is 0 Å². The lowest BCUT2D eigenvalue weighted by Crippen LogP contribution is -2.45. The molecule has 3 rings (SSSR count). The van der Waals surface area contributed by atoms with Crippen LogP contribution in [0.15, 0.2) is 54.6 Å². The molecule has 0 aromatic heterocycles. The second-order valence-electron chi connectivity index (χ2n) is 6.69. The van der Waals surface area contributed by atoms with E-state index in [2.05, 4.69) is 36.1 Å². The van der Waals surface area contributed by atoms with E-state index in [1.807, 2.05) is 30.3 Å². The molecule has 2 aromatic rings. The molecule has 0 amide bonds. The van der Waals surface area contributed by atoms with Crippen molar-refractivity contribution in [2.75, 3.05) is 26.3 Å². The third kappa shape index (κ3) is 5.58. The van der Waals surface area contributed by atoms with Crippen molar-refractivity contribution in [1.82, 2.24) is 4.90 Å². The molecule has 3 heteroatoms. The highest BCUT2D eigenvalue weighted by molar-refractivity contribution is 5.24. The number of benzene rings is 2. The van der Waals surface area contributed by atoms with Crippen molar-refractivity contribution in [3.05, 3.63) is 65.7 Å². The molecular formula is C22H29NO2. The summed E-state index contributed by atoms with van der Waals surface area (Å²) in [5.41, 5.74) is 2.62. The first-order valence-electron chi connectivity index (χ1n) is 9.42. The van der Waals surface area contributed by atoms with Crippen LogP contribution in [0.25, 0.3) is 0 Å². The Kier molecular flexibility index (Phi) is 6.89. The van der Waals surface area contributed by atoms with Crippen LogP contribution < -0.4 is 4.74 Å². The van der Waals surface area contributed by atoms with E-state index >= 15 is 0 Å². The van der Waals surface area contributed by atoms with E-state index in [-0.39, 0.29) is 0 Å². The molecular weight excluding hydrogens is 310 g/mol. The quantitative estimate of drug-likeness (QED) is 0.715. The highest BCUT2D eigenvalue weighted by atomic mass is 16.5. The van der Waals surface area contributed by atoms with Crippen LogP contribution in [0.1, 0.15) is 30.9 Å². The van der Waals surface area contributed by atoms with Gasteiger partial charge < -0.3 is 9.47 Å². The summed E-state index contributed by atoms with van der Waals surface area (Å²) in [6, 6.07) is 19.4. The van der Waals surface area contributed by atoms with E-state index in [9.17, 15) is 0 Å². The van der Waals surface area contributed by atoms with Crippen LogP contribution in [-0.2, 0) is 17.8 Å². The van der Waals surface area contributed by atoms with Gasteiger partial charge in [0.15, 0.2) is 0 Å². The monoisotopic (exact) mass is 339 g/mol. The summed E-state index contributed by atoms with van der Waals surface area (Å²) in [5, 5.41) is 0. The maximum Gasteiger partial charge on any atom is 0.119 e. The van der Waals surface area contributed by atoms with E-state index < -0.39 is 0 Å². The fourth-order valence-corrected chi connectivity index (χ4v) is 3.33. The summed E-state index contributed by atoms with van der Waals surface area (Å²) in [5.74, 6) is 0.919. The fraction of sp³-hybridized carbons (Fsp3) is 0.455. The molecule has 0 spiro atoms. The number of aryl methyl sites for hydroxylation is 1. The molecule has 1 aliphatic rings. The predicted molar refractivity (Wildman–Crippen MR) is 102 cm³/mol. The normalized spacial score (nSPS) is 18.2. The second kappa shape index (κ2) is 9.59. The molecule has 134 valence electrons. The number of morpholine rings is 1. The van der Waals surface area contributed by atoms with E-state index in [1.165, 1.54) is 30.5 Å². The highest BCUT2D eigenvalue weighted by Crippen LogP contribution is 2.14. The van der Waals surface area contributed by atoms with E-state index in [0.717, 1.165) is 31.9 Å². The number of hydrogen-bond acceptors (Lipinski definition) is 3.